The zero-order chi connectivity index (χ0) is 15.4. The molecule has 0 aromatic heterocycles. The molecule has 0 radical (unpaired) electrons. The third kappa shape index (κ3) is 3.38. The normalized spacial score (nSPS) is 13.8. The van der Waals surface area contributed by atoms with Crippen LogP contribution in [0.15, 0.2) is 42.5 Å². The number of nitrogens with two attached hydrogens (primary N) is 1. The second kappa shape index (κ2) is 6.94. The van der Waals surface area contributed by atoms with Crippen LogP contribution in [0.1, 0.15) is 28.7 Å². The van der Waals surface area contributed by atoms with Crippen molar-refractivity contribution in [3.05, 3.63) is 64.2 Å². The van der Waals surface area contributed by atoms with Crippen LogP contribution >= 0.6 is 11.6 Å². The van der Waals surface area contributed by atoms with E-state index >= 15 is 0 Å². The summed E-state index contributed by atoms with van der Waals surface area (Å²) in [6, 6.07) is 13.1. The number of aliphatic hydroxyl groups excluding tert-OH is 1. The standard InChI is InChI=1S/C17H20ClNO2/c1-11-7-8-16(21-2)13(9-11)14(10-19)17(20)12-5-3-4-6-15(12)18/h3-9,14,17,20H,10,19H2,1-2H3. The van der Waals surface area contributed by atoms with Gasteiger partial charge in [-0.15, -0.1) is 0 Å². The maximum atomic E-state index is 10.7. The van der Waals surface area contributed by atoms with Gasteiger partial charge in [-0.2, -0.15) is 0 Å². The van der Waals surface area contributed by atoms with E-state index in [0.717, 1.165) is 16.9 Å². The van der Waals surface area contributed by atoms with Crippen LogP contribution < -0.4 is 10.5 Å². The fraction of sp³-hybridized carbons (Fsp3) is 0.294. The number of methoxy groups -OCH3 is 1. The first-order chi connectivity index (χ1) is 10.1. The maximum absolute atomic E-state index is 10.7. The molecule has 0 amide bonds. The molecule has 0 heterocycles. The quantitative estimate of drug-likeness (QED) is 0.890. The topological polar surface area (TPSA) is 55.5 Å². The van der Waals surface area contributed by atoms with Crippen LogP contribution in [0.2, 0.25) is 5.02 Å². The molecule has 3 nitrogen and oxygen atoms in total. The number of hydrogen-bond acceptors (Lipinski definition) is 3. The third-order valence-electron chi connectivity index (χ3n) is 3.64. The Labute approximate surface area is 130 Å². The maximum Gasteiger partial charge on any atom is 0.122 e. The Hall–Kier alpha value is -1.55. The molecule has 0 fully saturated rings. The van der Waals surface area contributed by atoms with Crippen LogP contribution in [0.25, 0.3) is 0 Å². The molecule has 2 atom stereocenters. The number of benzene rings is 2. The first-order valence-corrected chi connectivity index (χ1v) is 7.23. The van der Waals surface area contributed by atoms with Crippen molar-refractivity contribution in [3.63, 3.8) is 0 Å². The second-order valence-electron chi connectivity index (χ2n) is 5.05. The van der Waals surface area contributed by atoms with Crippen molar-refractivity contribution >= 4 is 11.6 Å². The van der Waals surface area contributed by atoms with Crippen LogP contribution in [0.4, 0.5) is 0 Å². The fourth-order valence-corrected chi connectivity index (χ4v) is 2.75. The summed E-state index contributed by atoms with van der Waals surface area (Å²) in [5.41, 5.74) is 8.58. The van der Waals surface area contributed by atoms with Gasteiger partial charge in [-0.05, 0) is 24.6 Å². The lowest BCUT2D eigenvalue weighted by molar-refractivity contribution is 0.146. The van der Waals surface area contributed by atoms with Crippen LogP contribution in [-0.4, -0.2) is 18.8 Å². The summed E-state index contributed by atoms with van der Waals surface area (Å²) in [6.45, 7) is 2.30. The van der Waals surface area contributed by atoms with Crippen molar-refractivity contribution in [3.8, 4) is 5.75 Å². The van der Waals surface area contributed by atoms with Gasteiger partial charge in [-0.3, -0.25) is 0 Å². The Morgan fingerprint density at radius 1 is 1.19 bits per heavy atom. The van der Waals surface area contributed by atoms with Crippen molar-refractivity contribution in [2.75, 3.05) is 13.7 Å². The SMILES string of the molecule is COc1ccc(C)cc1C(CN)C(O)c1ccccc1Cl. The summed E-state index contributed by atoms with van der Waals surface area (Å²) in [5.74, 6) is 0.446. The predicted molar refractivity (Wildman–Crippen MR) is 85.9 cm³/mol. The van der Waals surface area contributed by atoms with Crippen LogP contribution in [0.5, 0.6) is 5.75 Å². The molecule has 0 saturated carbocycles. The van der Waals surface area contributed by atoms with E-state index in [-0.39, 0.29) is 5.92 Å². The molecule has 3 N–H and O–H groups in total. The highest BCUT2D eigenvalue weighted by Crippen LogP contribution is 2.38. The summed E-state index contributed by atoms with van der Waals surface area (Å²) in [7, 11) is 1.61. The van der Waals surface area contributed by atoms with Gasteiger partial charge in [0, 0.05) is 23.0 Å². The highest BCUT2D eigenvalue weighted by molar-refractivity contribution is 6.31. The third-order valence-corrected chi connectivity index (χ3v) is 3.99. The van der Waals surface area contributed by atoms with Crippen molar-refractivity contribution < 1.29 is 9.84 Å². The highest BCUT2D eigenvalue weighted by atomic mass is 35.5. The van der Waals surface area contributed by atoms with E-state index in [4.69, 9.17) is 22.1 Å². The van der Waals surface area contributed by atoms with Gasteiger partial charge >= 0.3 is 0 Å². The number of rotatable bonds is 5. The van der Waals surface area contributed by atoms with E-state index < -0.39 is 6.10 Å². The Morgan fingerprint density at radius 2 is 1.90 bits per heavy atom. The van der Waals surface area contributed by atoms with Crippen molar-refractivity contribution in [2.45, 2.75) is 18.9 Å². The molecule has 2 aromatic rings. The molecule has 0 bridgehead atoms. The van der Waals surface area contributed by atoms with Crippen molar-refractivity contribution in [1.29, 1.82) is 0 Å². The van der Waals surface area contributed by atoms with Crippen LogP contribution in [0, 0.1) is 6.92 Å². The Morgan fingerprint density at radius 3 is 2.52 bits per heavy atom. The van der Waals surface area contributed by atoms with Gasteiger partial charge in [0.1, 0.15) is 5.75 Å². The highest BCUT2D eigenvalue weighted by Gasteiger charge is 2.26. The number of aliphatic hydroxyl groups is 1. The molecule has 0 aliphatic carbocycles. The number of hydrogen-bond donors (Lipinski definition) is 2. The van der Waals surface area contributed by atoms with Crippen LogP contribution in [-0.2, 0) is 0 Å². The van der Waals surface area contributed by atoms with Gasteiger partial charge in [0.05, 0.1) is 13.2 Å². The molecule has 2 unspecified atom stereocenters. The molecular formula is C17H20ClNO2. The molecule has 0 spiro atoms. The van der Waals surface area contributed by atoms with Gasteiger partial charge in [0.15, 0.2) is 0 Å². The van der Waals surface area contributed by atoms with Gasteiger partial charge in [0.25, 0.3) is 0 Å². The van der Waals surface area contributed by atoms with Gasteiger partial charge in [0.2, 0.25) is 0 Å². The van der Waals surface area contributed by atoms with Gasteiger partial charge in [-0.1, -0.05) is 47.5 Å². The number of aryl methyl sites for hydroxylation is 1. The average Bonchev–Trinajstić information content (AvgIpc) is 2.48. The zero-order valence-electron chi connectivity index (χ0n) is 12.2. The summed E-state index contributed by atoms with van der Waals surface area (Å²) in [5, 5.41) is 11.2. The minimum atomic E-state index is -0.778. The lowest BCUT2D eigenvalue weighted by Gasteiger charge is -2.25. The summed E-state index contributed by atoms with van der Waals surface area (Å²) < 4.78 is 5.40. The van der Waals surface area contributed by atoms with Gasteiger partial charge < -0.3 is 15.6 Å². The van der Waals surface area contributed by atoms with E-state index in [2.05, 4.69) is 0 Å². The van der Waals surface area contributed by atoms with E-state index in [0.29, 0.717) is 17.1 Å². The molecule has 2 aromatic carbocycles. The predicted octanol–water partition coefficient (Wildman–Crippen LogP) is 3.43. The lowest BCUT2D eigenvalue weighted by atomic mass is 9.88. The molecule has 0 aliphatic rings. The molecule has 0 saturated heterocycles. The van der Waals surface area contributed by atoms with E-state index in [1.165, 1.54) is 0 Å². The molecular weight excluding hydrogens is 286 g/mol. The number of halogens is 1. The molecule has 21 heavy (non-hydrogen) atoms. The fourth-order valence-electron chi connectivity index (χ4n) is 2.50. The minimum absolute atomic E-state index is 0.278. The van der Waals surface area contributed by atoms with E-state index in [1.807, 2.05) is 43.3 Å². The van der Waals surface area contributed by atoms with Crippen LogP contribution in [0.3, 0.4) is 0 Å². The first kappa shape index (κ1) is 15.8. The zero-order valence-corrected chi connectivity index (χ0v) is 13.0. The lowest BCUT2D eigenvalue weighted by Crippen LogP contribution is -2.21. The number of ether oxygens (including phenoxy) is 1. The second-order valence-corrected chi connectivity index (χ2v) is 5.46. The molecule has 2 rings (SSSR count). The first-order valence-electron chi connectivity index (χ1n) is 6.85. The van der Waals surface area contributed by atoms with Gasteiger partial charge in [-0.25, -0.2) is 0 Å². The summed E-state index contributed by atoms with van der Waals surface area (Å²) in [6.07, 6.45) is -0.778. The molecule has 4 heteroatoms. The Kier molecular flexibility index (Phi) is 5.23. The van der Waals surface area contributed by atoms with Crippen molar-refractivity contribution in [2.24, 2.45) is 5.73 Å². The van der Waals surface area contributed by atoms with E-state index in [9.17, 15) is 5.11 Å². The summed E-state index contributed by atoms with van der Waals surface area (Å²) in [4.78, 5) is 0. The monoisotopic (exact) mass is 305 g/mol. The molecule has 0 aliphatic heterocycles. The van der Waals surface area contributed by atoms with E-state index in [1.54, 1.807) is 13.2 Å². The smallest absolute Gasteiger partial charge is 0.122 e. The minimum Gasteiger partial charge on any atom is -0.496 e. The Bertz CT molecular complexity index is 615. The molecule has 112 valence electrons. The Balaban J connectivity index is 2.44. The van der Waals surface area contributed by atoms with Crippen molar-refractivity contribution in [1.82, 2.24) is 0 Å². The largest absolute Gasteiger partial charge is 0.496 e. The average molecular weight is 306 g/mol. The summed E-state index contributed by atoms with van der Waals surface area (Å²) >= 11 is 6.18.